The van der Waals surface area contributed by atoms with E-state index in [9.17, 15) is 4.39 Å². The van der Waals surface area contributed by atoms with Crippen molar-refractivity contribution in [2.75, 3.05) is 5.32 Å². The van der Waals surface area contributed by atoms with Gasteiger partial charge in [-0.2, -0.15) is 0 Å². The molecule has 0 heterocycles. The van der Waals surface area contributed by atoms with E-state index in [1.165, 1.54) is 17.6 Å². The van der Waals surface area contributed by atoms with Gasteiger partial charge in [0.25, 0.3) is 0 Å². The zero-order valence-electron chi connectivity index (χ0n) is 9.48. The number of halogens is 1. The summed E-state index contributed by atoms with van der Waals surface area (Å²) in [5.74, 6) is 5.60. The molecule has 0 aliphatic rings. The lowest BCUT2D eigenvalue weighted by molar-refractivity contribution is 0.627. The van der Waals surface area contributed by atoms with Crippen LogP contribution in [0, 0.1) is 17.7 Å². The van der Waals surface area contributed by atoms with Crippen molar-refractivity contribution in [3.8, 4) is 11.8 Å². The lowest BCUT2D eigenvalue weighted by atomic mass is 10.1. The Kier molecular flexibility index (Phi) is 4.06. The fourth-order valence-corrected chi connectivity index (χ4v) is 1.60. The summed E-state index contributed by atoms with van der Waals surface area (Å²) in [5.41, 5.74) is 3.55. The molecule has 0 spiro atoms. The second kappa shape index (κ2) is 5.95. The second-order valence-corrected chi connectivity index (χ2v) is 3.80. The molecule has 0 fully saturated rings. The minimum absolute atomic E-state index is 0.317. The molecule has 0 saturated carbocycles. The van der Waals surface area contributed by atoms with Gasteiger partial charge in [-0.25, -0.2) is 4.39 Å². The molecule has 1 nitrogen and oxygen atoms in total. The van der Waals surface area contributed by atoms with Crippen LogP contribution >= 0.6 is 12.2 Å². The standard InChI is InChI=1S/C15H10FNS/c16-14-8-9-15(17-11-18)13(10-14)7-6-12-4-2-1-3-5-12/h1-5,8-11H,(H,17,18). The molecule has 0 aromatic heterocycles. The van der Waals surface area contributed by atoms with Crippen molar-refractivity contribution in [2.45, 2.75) is 0 Å². The number of hydrogen-bond acceptors (Lipinski definition) is 1. The molecule has 0 bridgehead atoms. The molecule has 88 valence electrons. The summed E-state index contributed by atoms with van der Waals surface area (Å²) in [6.45, 7) is 0. The van der Waals surface area contributed by atoms with Crippen LogP contribution in [-0.2, 0) is 0 Å². The van der Waals surface area contributed by atoms with E-state index in [0.29, 0.717) is 11.3 Å². The number of nitrogens with one attached hydrogen (secondary N) is 1. The quantitative estimate of drug-likeness (QED) is 0.650. The minimum atomic E-state index is -0.317. The SMILES string of the molecule is Fc1ccc(NC=S)c(C#Cc2ccccc2)c1. The fourth-order valence-electron chi connectivity index (χ4n) is 1.47. The van der Waals surface area contributed by atoms with Crippen molar-refractivity contribution >= 4 is 23.4 Å². The van der Waals surface area contributed by atoms with Gasteiger partial charge in [0.15, 0.2) is 0 Å². The number of thiocarbonyl (C=S) groups is 1. The smallest absolute Gasteiger partial charge is 0.124 e. The van der Waals surface area contributed by atoms with Crippen molar-refractivity contribution < 1.29 is 4.39 Å². The molecule has 18 heavy (non-hydrogen) atoms. The predicted octanol–water partition coefficient (Wildman–Crippen LogP) is 3.59. The number of hydrogen-bond donors (Lipinski definition) is 1. The maximum absolute atomic E-state index is 13.2. The van der Waals surface area contributed by atoms with E-state index in [2.05, 4.69) is 17.2 Å². The van der Waals surface area contributed by atoms with Crippen LogP contribution in [0.4, 0.5) is 10.1 Å². The Bertz CT molecular complexity index is 611. The van der Waals surface area contributed by atoms with Gasteiger partial charge < -0.3 is 5.32 Å². The topological polar surface area (TPSA) is 12.0 Å². The number of benzene rings is 2. The van der Waals surface area contributed by atoms with Crippen LogP contribution in [0.15, 0.2) is 48.5 Å². The Morgan fingerprint density at radius 1 is 1.06 bits per heavy atom. The van der Waals surface area contributed by atoms with E-state index in [1.807, 2.05) is 30.3 Å². The summed E-state index contributed by atoms with van der Waals surface area (Å²) in [6.07, 6.45) is 0. The summed E-state index contributed by atoms with van der Waals surface area (Å²) in [5, 5.41) is 2.86. The molecule has 0 radical (unpaired) electrons. The van der Waals surface area contributed by atoms with E-state index >= 15 is 0 Å². The number of anilines is 1. The molecule has 2 rings (SSSR count). The fraction of sp³-hybridized carbons (Fsp3) is 0. The normalized spacial score (nSPS) is 9.17. The molecule has 0 aliphatic carbocycles. The lowest BCUT2D eigenvalue weighted by Crippen LogP contribution is -1.95. The first-order valence-corrected chi connectivity index (χ1v) is 5.83. The van der Waals surface area contributed by atoms with Gasteiger partial charge >= 0.3 is 0 Å². The van der Waals surface area contributed by atoms with E-state index < -0.39 is 0 Å². The summed E-state index contributed by atoms with van der Waals surface area (Å²) >= 11 is 4.73. The molecule has 0 aliphatic heterocycles. The van der Waals surface area contributed by atoms with Gasteiger partial charge in [-0.05, 0) is 30.3 Å². The lowest BCUT2D eigenvalue weighted by Gasteiger charge is -2.02. The van der Waals surface area contributed by atoms with Crippen LogP contribution in [0.2, 0.25) is 0 Å². The first-order valence-electron chi connectivity index (χ1n) is 5.36. The van der Waals surface area contributed by atoms with Crippen LogP contribution in [0.25, 0.3) is 0 Å². The van der Waals surface area contributed by atoms with Crippen molar-refractivity contribution in [3.63, 3.8) is 0 Å². The Labute approximate surface area is 111 Å². The maximum Gasteiger partial charge on any atom is 0.124 e. The van der Waals surface area contributed by atoms with Crippen LogP contribution in [-0.4, -0.2) is 5.49 Å². The van der Waals surface area contributed by atoms with E-state index in [-0.39, 0.29) is 5.82 Å². The molecular formula is C15H10FNS. The first kappa shape index (κ1) is 12.3. The van der Waals surface area contributed by atoms with Gasteiger partial charge in [0.2, 0.25) is 0 Å². The molecule has 2 aromatic rings. The molecular weight excluding hydrogens is 245 g/mol. The molecule has 0 amide bonds. The predicted molar refractivity (Wildman–Crippen MR) is 76.1 cm³/mol. The average Bonchev–Trinajstić information content (AvgIpc) is 2.40. The van der Waals surface area contributed by atoms with Crippen molar-refractivity contribution in [1.82, 2.24) is 0 Å². The molecule has 1 N–H and O–H groups in total. The first-order chi connectivity index (χ1) is 8.79. The van der Waals surface area contributed by atoms with Crippen LogP contribution < -0.4 is 5.32 Å². The Balaban J connectivity index is 2.36. The number of rotatable bonds is 2. The minimum Gasteiger partial charge on any atom is -0.352 e. The Morgan fingerprint density at radius 2 is 1.83 bits per heavy atom. The summed E-state index contributed by atoms with van der Waals surface area (Å²) in [4.78, 5) is 0. The van der Waals surface area contributed by atoms with E-state index in [0.717, 1.165) is 5.56 Å². The Hall–Kier alpha value is -2.18. The highest BCUT2D eigenvalue weighted by Gasteiger charge is 2.00. The van der Waals surface area contributed by atoms with Gasteiger partial charge in [0, 0.05) is 5.56 Å². The average molecular weight is 255 g/mol. The molecule has 2 aromatic carbocycles. The molecule has 3 heteroatoms. The zero-order valence-corrected chi connectivity index (χ0v) is 10.3. The highest BCUT2D eigenvalue weighted by molar-refractivity contribution is 7.79. The van der Waals surface area contributed by atoms with Crippen LogP contribution in [0.3, 0.4) is 0 Å². The highest BCUT2D eigenvalue weighted by atomic mass is 32.1. The van der Waals surface area contributed by atoms with Gasteiger partial charge in [-0.3, -0.25) is 0 Å². The van der Waals surface area contributed by atoms with Crippen molar-refractivity contribution in [1.29, 1.82) is 0 Å². The monoisotopic (exact) mass is 255 g/mol. The van der Waals surface area contributed by atoms with Gasteiger partial charge in [-0.1, -0.05) is 42.3 Å². The van der Waals surface area contributed by atoms with E-state index in [1.54, 1.807) is 6.07 Å². The second-order valence-electron chi connectivity index (χ2n) is 3.57. The Morgan fingerprint density at radius 3 is 2.56 bits per heavy atom. The summed E-state index contributed by atoms with van der Waals surface area (Å²) in [6, 6.07) is 13.9. The third kappa shape index (κ3) is 3.16. The van der Waals surface area contributed by atoms with Gasteiger partial charge in [0.1, 0.15) is 5.82 Å². The van der Waals surface area contributed by atoms with Gasteiger partial charge in [-0.15, -0.1) is 0 Å². The van der Waals surface area contributed by atoms with Gasteiger partial charge in [0.05, 0.1) is 16.7 Å². The van der Waals surface area contributed by atoms with Crippen LogP contribution in [0.5, 0.6) is 0 Å². The highest BCUT2D eigenvalue weighted by Crippen LogP contribution is 2.15. The summed E-state index contributed by atoms with van der Waals surface area (Å²) < 4.78 is 13.2. The third-order valence-corrected chi connectivity index (χ3v) is 2.43. The van der Waals surface area contributed by atoms with E-state index in [4.69, 9.17) is 12.2 Å². The third-order valence-electron chi connectivity index (χ3n) is 2.31. The molecule has 0 atom stereocenters. The van der Waals surface area contributed by atoms with Crippen LogP contribution in [0.1, 0.15) is 11.1 Å². The maximum atomic E-state index is 13.2. The largest absolute Gasteiger partial charge is 0.352 e. The zero-order chi connectivity index (χ0) is 12.8. The van der Waals surface area contributed by atoms with Crippen molar-refractivity contribution in [3.05, 3.63) is 65.5 Å². The molecule has 0 unspecified atom stereocenters. The van der Waals surface area contributed by atoms with Crippen molar-refractivity contribution in [2.24, 2.45) is 0 Å². The summed E-state index contributed by atoms with van der Waals surface area (Å²) in [7, 11) is 0. The molecule has 0 saturated heterocycles.